The number of nitrogens with zero attached hydrogens (tertiary/aromatic N) is 2. The van der Waals surface area contributed by atoms with Crippen molar-refractivity contribution in [3.63, 3.8) is 0 Å². The predicted molar refractivity (Wildman–Crippen MR) is 150 cm³/mol. The molecule has 5 nitrogen and oxygen atoms in total. The normalized spacial score (nSPS) is 11.9. The van der Waals surface area contributed by atoms with E-state index in [-0.39, 0.29) is 11.5 Å². The number of aliphatic imine (C=N–C) groups is 2. The maximum Gasteiger partial charge on any atom is 0.127 e. The van der Waals surface area contributed by atoms with Crippen LogP contribution in [0.5, 0.6) is 17.2 Å². The maximum absolute atomic E-state index is 10.6. The van der Waals surface area contributed by atoms with Crippen LogP contribution in [0.1, 0.15) is 61.1 Å². The van der Waals surface area contributed by atoms with E-state index >= 15 is 0 Å². The molecule has 190 valence electrons. The average molecular weight is 487 g/mol. The van der Waals surface area contributed by atoms with Crippen LogP contribution in [0.25, 0.3) is 0 Å². The fraction of sp³-hybridized carbons (Fsp3) is 0.355. The minimum atomic E-state index is 0.224. The summed E-state index contributed by atoms with van der Waals surface area (Å²) in [5.74, 6) is 2.14. The lowest BCUT2D eigenvalue weighted by molar-refractivity contribution is 0.415. The summed E-state index contributed by atoms with van der Waals surface area (Å²) in [6.07, 6.45) is 5.21. The number of phenols is 2. The Bertz CT molecular complexity index is 1270. The Morgan fingerprint density at radius 3 is 1.64 bits per heavy atom. The highest BCUT2D eigenvalue weighted by Gasteiger charge is 2.10. The molecule has 3 aromatic rings. The molecule has 0 radical (unpaired) electrons. The van der Waals surface area contributed by atoms with Gasteiger partial charge in [-0.2, -0.15) is 0 Å². The average Bonchev–Trinajstić information content (AvgIpc) is 2.81. The van der Waals surface area contributed by atoms with E-state index in [4.69, 9.17) is 4.74 Å². The first-order chi connectivity index (χ1) is 17.1. The first-order valence-corrected chi connectivity index (χ1v) is 12.5. The van der Waals surface area contributed by atoms with E-state index in [9.17, 15) is 10.2 Å². The zero-order valence-electron chi connectivity index (χ0n) is 22.5. The standard InChI is InChI=1S/C31H38N2O3/c1-19(2)10-23-12-21(5)30(34)25(14-23)17-32-28-9-8-27(36-7)16-29(28)33-18-26-15-24(11-20(3)4)13-22(6)31(26)35/h8-9,12-20,34-35H,10-11H2,1-7H3. The van der Waals surface area contributed by atoms with Crippen molar-refractivity contribution in [2.24, 2.45) is 21.8 Å². The van der Waals surface area contributed by atoms with Gasteiger partial charge in [0.15, 0.2) is 0 Å². The Morgan fingerprint density at radius 2 is 1.19 bits per heavy atom. The fourth-order valence-electron chi connectivity index (χ4n) is 4.26. The number of rotatable bonds is 9. The van der Waals surface area contributed by atoms with Gasteiger partial charge in [-0.3, -0.25) is 9.98 Å². The summed E-state index contributed by atoms with van der Waals surface area (Å²) >= 11 is 0. The number of aryl methyl sites for hydroxylation is 2. The van der Waals surface area contributed by atoms with Gasteiger partial charge in [0.1, 0.15) is 17.2 Å². The Labute approximate surface area is 215 Å². The number of aromatic hydroxyl groups is 2. The Balaban J connectivity index is 2.00. The van der Waals surface area contributed by atoms with Gasteiger partial charge < -0.3 is 14.9 Å². The number of hydrogen-bond donors (Lipinski definition) is 2. The zero-order valence-corrected chi connectivity index (χ0v) is 22.5. The second kappa shape index (κ2) is 11.9. The maximum atomic E-state index is 10.6. The lowest BCUT2D eigenvalue weighted by atomic mass is 9.98. The van der Waals surface area contributed by atoms with Crippen LogP contribution < -0.4 is 4.74 Å². The molecule has 0 amide bonds. The molecule has 0 fully saturated rings. The molecule has 0 bridgehead atoms. The van der Waals surface area contributed by atoms with Crippen molar-refractivity contribution in [3.8, 4) is 17.2 Å². The van der Waals surface area contributed by atoms with E-state index in [1.54, 1.807) is 19.5 Å². The van der Waals surface area contributed by atoms with Gasteiger partial charge >= 0.3 is 0 Å². The van der Waals surface area contributed by atoms with E-state index in [1.165, 1.54) is 5.56 Å². The van der Waals surface area contributed by atoms with Crippen molar-refractivity contribution < 1.29 is 14.9 Å². The quantitative estimate of drug-likeness (QED) is 0.305. The molecule has 0 unspecified atom stereocenters. The fourth-order valence-corrected chi connectivity index (χ4v) is 4.26. The van der Waals surface area contributed by atoms with Crippen molar-refractivity contribution in [1.29, 1.82) is 0 Å². The minimum Gasteiger partial charge on any atom is -0.507 e. The van der Waals surface area contributed by atoms with E-state index in [1.807, 2.05) is 56.3 Å². The summed E-state index contributed by atoms with van der Waals surface area (Å²) in [6.45, 7) is 12.5. The first-order valence-electron chi connectivity index (χ1n) is 12.5. The smallest absolute Gasteiger partial charge is 0.127 e. The zero-order chi connectivity index (χ0) is 26.4. The summed E-state index contributed by atoms with van der Waals surface area (Å²) in [7, 11) is 1.61. The molecule has 0 saturated carbocycles. The van der Waals surface area contributed by atoms with Crippen molar-refractivity contribution in [1.82, 2.24) is 0 Å². The third-order valence-corrected chi connectivity index (χ3v) is 5.94. The number of benzene rings is 3. The number of hydrogen-bond acceptors (Lipinski definition) is 5. The number of methoxy groups -OCH3 is 1. The highest BCUT2D eigenvalue weighted by Crippen LogP contribution is 2.33. The molecule has 2 N–H and O–H groups in total. The van der Waals surface area contributed by atoms with Crippen LogP contribution in [0.4, 0.5) is 11.4 Å². The van der Waals surface area contributed by atoms with Gasteiger partial charge in [0.05, 0.1) is 18.5 Å². The van der Waals surface area contributed by atoms with Gasteiger partial charge in [0.2, 0.25) is 0 Å². The third kappa shape index (κ3) is 6.97. The van der Waals surface area contributed by atoms with E-state index in [0.29, 0.717) is 40.1 Å². The Kier molecular flexibility index (Phi) is 8.92. The van der Waals surface area contributed by atoms with Crippen molar-refractivity contribution in [2.45, 2.75) is 54.4 Å². The van der Waals surface area contributed by atoms with Crippen molar-refractivity contribution >= 4 is 23.8 Å². The van der Waals surface area contributed by atoms with Gasteiger partial charge in [-0.05, 0) is 85.0 Å². The summed E-state index contributed by atoms with van der Waals surface area (Å²) < 4.78 is 5.40. The first kappa shape index (κ1) is 27.0. The van der Waals surface area contributed by atoms with Crippen LogP contribution in [0.15, 0.2) is 52.4 Å². The van der Waals surface area contributed by atoms with Gasteiger partial charge in [0.25, 0.3) is 0 Å². The lowest BCUT2D eigenvalue weighted by Crippen LogP contribution is -1.97. The van der Waals surface area contributed by atoms with Crippen LogP contribution in [0.2, 0.25) is 0 Å². The monoisotopic (exact) mass is 486 g/mol. The molecule has 0 aliphatic carbocycles. The van der Waals surface area contributed by atoms with Crippen LogP contribution in [-0.2, 0) is 12.8 Å². The summed E-state index contributed by atoms with van der Waals surface area (Å²) in [4.78, 5) is 9.34. The second-order valence-electron chi connectivity index (χ2n) is 10.3. The van der Waals surface area contributed by atoms with Crippen molar-refractivity contribution in [3.05, 3.63) is 75.8 Å². The molecule has 0 atom stereocenters. The molecular formula is C31H38N2O3. The van der Waals surface area contributed by atoms with Gasteiger partial charge in [-0.15, -0.1) is 0 Å². The predicted octanol–water partition coefficient (Wildman–Crippen LogP) is 7.62. The molecule has 5 heteroatoms. The third-order valence-electron chi connectivity index (χ3n) is 5.94. The van der Waals surface area contributed by atoms with Gasteiger partial charge in [0, 0.05) is 29.6 Å². The topological polar surface area (TPSA) is 74.4 Å². The molecule has 0 spiro atoms. The van der Waals surface area contributed by atoms with Gasteiger partial charge in [-0.25, -0.2) is 0 Å². The molecule has 0 aliphatic heterocycles. The van der Waals surface area contributed by atoms with Gasteiger partial charge in [-0.1, -0.05) is 39.8 Å². The molecule has 0 heterocycles. The highest BCUT2D eigenvalue weighted by molar-refractivity contribution is 5.90. The SMILES string of the molecule is COc1ccc(N=Cc2cc(CC(C)C)cc(C)c2O)c(N=Cc2cc(CC(C)C)cc(C)c2O)c1. The number of phenolic OH excluding ortho intramolecular Hbond substituents is 2. The Hall–Kier alpha value is -3.60. The highest BCUT2D eigenvalue weighted by atomic mass is 16.5. The Morgan fingerprint density at radius 1 is 0.722 bits per heavy atom. The van der Waals surface area contributed by atoms with Crippen molar-refractivity contribution in [2.75, 3.05) is 7.11 Å². The summed E-state index contributed by atoms with van der Waals surface area (Å²) in [5, 5.41) is 21.2. The summed E-state index contributed by atoms with van der Waals surface area (Å²) in [5.41, 5.74) is 6.56. The van der Waals surface area contributed by atoms with Crippen LogP contribution in [0.3, 0.4) is 0 Å². The molecule has 0 saturated heterocycles. The molecule has 0 aliphatic rings. The van der Waals surface area contributed by atoms with E-state index in [2.05, 4.69) is 37.7 Å². The second-order valence-corrected chi connectivity index (χ2v) is 10.3. The molecule has 36 heavy (non-hydrogen) atoms. The van der Waals surface area contributed by atoms with Crippen LogP contribution >= 0.6 is 0 Å². The molecular weight excluding hydrogens is 448 g/mol. The lowest BCUT2D eigenvalue weighted by Gasteiger charge is -2.11. The largest absolute Gasteiger partial charge is 0.507 e. The summed E-state index contributed by atoms with van der Waals surface area (Å²) in [6, 6.07) is 13.5. The van der Waals surface area contributed by atoms with E-state index < -0.39 is 0 Å². The van der Waals surface area contributed by atoms with E-state index in [0.717, 1.165) is 29.5 Å². The molecule has 3 aromatic carbocycles. The van der Waals surface area contributed by atoms with Crippen LogP contribution in [0, 0.1) is 25.7 Å². The number of ether oxygens (including phenoxy) is 1. The minimum absolute atomic E-state index is 0.224. The molecule has 0 aromatic heterocycles. The molecule has 3 rings (SSSR count). The van der Waals surface area contributed by atoms with Crippen LogP contribution in [-0.4, -0.2) is 29.8 Å².